The highest BCUT2D eigenvalue weighted by Gasteiger charge is 2.46. The summed E-state index contributed by atoms with van der Waals surface area (Å²) in [6, 6.07) is 11.3. The van der Waals surface area contributed by atoms with Crippen LogP contribution in [0, 0.1) is 10.1 Å². The van der Waals surface area contributed by atoms with Crippen LogP contribution in [0.2, 0.25) is 0 Å². The average Bonchev–Trinajstić information content (AvgIpc) is 3.16. The van der Waals surface area contributed by atoms with E-state index < -0.39 is 22.7 Å². The van der Waals surface area contributed by atoms with Crippen LogP contribution in [-0.2, 0) is 14.3 Å². The fourth-order valence-electron chi connectivity index (χ4n) is 4.33. The zero-order chi connectivity index (χ0) is 25.7. The molecule has 2 fully saturated rings. The number of hydrogen-bond acceptors (Lipinski definition) is 8. The van der Waals surface area contributed by atoms with E-state index in [1.165, 1.54) is 29.2 Å². The second kappa shape index (κ2) is 11.1. The number of amides is 1. The molecule has 2 aliphatic heterocycles. The van der Waals surface area contributed by atoms with Crippen LogP contribution < -0.4 is 4.74 Å². The van der Waals surface area contributed by atoms with Crippen molar-refractivity contribution in [3.63, 3.8) is 0 Å². The molecule has 10 nitrogen and oxygen atoms in total. The highest BCUT2D eigenvalue weighted by molar-refractivity contribution is 6.46. The summed E-state index contributed by atoms with van der Waals surface area (Å²) < 4.78 is 10.8. The molecule has 0 saturated carbocycles. The number of nitrogens with zero attached hydrogens (tertiary/aromatic N) is 3. The first-order valence-electron chi connectivity index (χ1n) is 11.6. The number of morpholine rings is 1. The predicted octanol–water partition coefficient (Wildman–Crippen LogP) is 2.91. The third-order valence-electron chi connectivity index (χ3n) is 6.22. The van der Waals surface area contributed by atoms with E-state index in [0.717, 1.165) is 0 Å². The average molecular weight is 494 g/mol. The van der Waals surface area contributed by atoms with Gasteiger partial charge >= 0.3 is 0 Å². The van der Waals surface area contributed by atoms with Crippen LogP contribution in [0.25, 0.3) is 5.76 Å². The Bertz CT molecular complexity index is 1170. The molecular formula is C26H27N3O7. The molecule has 2 heterocycles. The fourth-order valence-corrected chi connectivity index (χ4v) is 4.33. The molecule has 4 rings (SSSR count). The smallest absolute Gasteiger partial charge is 0.295 e. The topological polar surface area (TPSA) is 122 Å². The van der Waals surface area contributed by atoms with Gasteiger partial charge in [-0.05, 0) is 42.0 Å². The van der Waals surface area contributed by atoms with Crippen molar-refractivity contribution in [3.05, 3.63) is 88.0 Å². The van der Waals surface area contributed by atoms with Crippen molar-refractivity contribution in [3.8, 4) is 5.75 Å². The van der Waals surface area contributed by atoms with Gasteiger partial charge in [-0.15, -0.1) is 0 Å². The minimum Gasteiger partial charge on any atom is -0.507 e. The lowest BCUT2D eigenvalue weighted by molar-refractivity contribution is -0.384. The van der Waals surface area contributed by atoms with Crippen LogP contribution in [0.1, 0.15) is 17.2 Å². The summed E-state index contributed by atoms with van der Waals surface area (Å²) in [6.45, 7) is 7.31. The number of carbonyl (C=O) groups excluding carboxylic acids is 2. The molecule has 1 atom stereocenters. The van der Waals surface area contributed by atoms with Crippen molar-refractivity contribution >= 4 is 23.1 Å². The maximum absolute atomic E-state index is 13.2. The number of benzene rings is 2. The van der Waals surface area contributed by atoms with Crippen molar-refractivity contribution in [2.75, 3.05) is 46.0 Å². The van der Waals surface area contributed by atoms with Crippen LogP contribution in [0.15, 0.2) is 66.8 Å². The Hall–Kier alpha value is -4.02. The highest BCUT2D eigenvalue weighted by atomic mass is 16.6. The molecule has 1 amide bonds. The molecule has 2 aromatic carbocycles. The number of hydrogen-bond donors (Lipinski definition) is 1. The molecule has 36 heavy (non-hydrogen) atoms. The minimum atomic E-state index is -0.886. The third kappa shape index (κ3) is 5.29. The lowest BCUT2D eigenvalue weighted by Gasteiger charge is -2.31. The van der Waals surface area contributed by atoms with Crippen molar-refractivity contribution < 1.29 is 29.1 Å². The van der Waals surface area contributed by atoms with Crippen LogP contribution >= 0.6 is 0 Å². The maximum Gasteiger partial charge on any atom is 0.295 e. The molecule has 2 aromatic rings. The Labute approximate surface area is 208 Å². The summed E-state index contributed by atoms with van der Waals surface area (Å²) in [6.07, 6.45) is 1.61. The quantitative estimate of drug-likeness (QED) is 0.141. The van der Waals surface area contributed by atoms with Crippen molar-refractivity contribution in [1.82, 2.24) is 9.80 Å². The molecule has 10 heteroatoms. The molecule has 0 spiro atoms. The molecule has 0 bridgehead atoms. The molecule has 0 unspecified atom stereocenters. The number of nitro benzene ring substituents is 1. The lowest BCUT2D eigenvalue weighted by Crippen LogP contribution is -2.42. The van der Waals surface area contributed by atoms with E-state index in [9.17, 15) is 24.8 Å². The van der Waals surface area contributed by atoms with Gasteiger partial charge in [0.1, 0.15) is 18.1 Å². The molecule has 0 aliphatic carbocycles. The molecule has 188 valence electrons. The standard InChI is InChI=1S/C26H27N3O7/c1-2-15-36-21-9-5-19(6-10-21)24(30)22-23(18-3-7-20(8-4-18)29(33)34)28(26(32)25(22)31)12-11-27-13-16-35-17-14-27/h2-10,23,30H,1,11-17H2/b24-22+/t23-/m1/s1. The Kier molecular flexibility index (Phi) is 7.77. The maximum atomic E-state index is 13.2. The lowest BCUT2D eigenvalue weighted by atomic mass is 9.95. The van der Waals surface area contributed by atoms with E-state index in [0.29, 0.717) is 56.3 Å². The number of likely N-dealkylation sites (tertiary alicyclic amines) is 1. The Balaban J connectivity index is 1.70. The van der Waals surface area contributed by atoms with E-state index >= 15 is 0 Å². The zero-order valence-electron chi connectivity index (χ0n) is 19.7. The van der Waals surface area contributed by atoms with Crippen molar-refractivity contribution in [2.24, 2.45) is 0 Å². The Morgan fingerprint density at radius 2 is 1.78 bits per heavy atom. The number of non-ortho nitro benzene ring substituents is 1. The number of aliphatic hydroxyl groups is 1. The van der Waals surface area contributed by atoms with Gasteiger partial charge in [0.15, 0.2) is 0 Å². The third-order valence-corrected chi connectivity index (χ3v) is 6.22. The number of Topliss-reactive ketones (excluding diaryl/α,β-unsaturated/α-hetero) is 1. The van der Waals surface area contributed by atoms with E-state index in [4.69, 9.17) is 9.47 Å². The first-order valence-corrected chi connectivity index (χ1v) is 11.6. The summed E-state index contributed by atoms with van der Waals surface area (Å²) in [5.74, 6) is -1.28. The molecule has 2 aliphatic rings. The predicted molar refractivity (Wildman–Crippen MR) is 131 cm³/mol. The van der Waals surface area contributed by atoms with Gasteiger partial charge in [0.2, 0.25) is 0 Å². The highest BCUT2D eigenvalue weighted by Crippen LogP contribution is 2.39. The molecule has 0 aromatic heterocycles. The van der Waals surface area contributed by atoms with E-state index in [2.05, 4.69) is 11.5 Å². The van der Waals surface area contributed by atoms with E-state index in [-0.39, 0.29) is 23.6 Å². The van der Waals surface area contributed by atoms with Gasteiger partial charge in [-0.3, -0.25) is 24.6 Å². The molecule has 1 N–H and O–H groups in total. The number of rotatable bonds is 9. The van der Waals surface area contributed by atoms with Crippen LogP contribution in [-0.4, -0.2) is 77.5 Å². The number of carbonyl (C=O) groups is 2. The van der Waals surface area contributed by atoms with Gasteiger partial charge in [0, 0.05) is 43.9 Å². The first kappa shape index (κ1) is 25.1. The van der Waals surface area contributed by atoms with Gasteiger partial charge < -0.3 is 19.5 Å². The van der Waals surface area contributed by atoms with Gasteiger partial charge in [-0.1, -0.05) is 12.7 Å². The van der Waals surface area contributed by atoms with Gasteiger partial charge in [0.05, 0.1) is 29.8 Å². The Morgan fingerprint density at radius 3 is 2.39 bits per heavy atom. The van der Waals surface area contributed by atoms with E-state index in [1.54, 1.807) is 30.3 Å². The summed E-state index contributed by atoms with van der Waals surface area (Å²) in [5, 5.41) is 22.3. The summed E-state index contributed by atoms with van der Waals surface area (Å²) in [4.78, 5) is 40.4. The fraction of sp³-hybridized carbons (Fsp3) is 0.308. The largest absolute Gasteiger partial charge is 0.507 e. The number of ketones is 1. The van der Waals surface area contributed by atoms with Crippen LogP contribution in [0.5, 0.6) is 5.75 Å². The second-order valence-corrected chi connectivity index (χ2v) is 8.42. The first-order chi connectivity index (χ1) is 17.4. The van der Waals surface area contributed by atoms with Gasteiger partial charge in [-0.25, -0.2) is 0 Å². The second-order valence-electron chi connectivity index (χ2n) is 8.42. The van der Waals surface area contributed by atoms with Gasteiger partial charge in [-0.2, -0.15) is 0 Å². The summed E-state index contributed by atoms with van der Waals surface area (Å²) in [7, 11) is 0. The van der Waals surface area contributed by atoms with Crippen molar-refractivity contribution in [2.45, 2.75) is 6.04 Å². The van der Waals surface area contributed by atoms with Gasteiger partial charge in [0.25, 0.3) is 17.4 Å². The number of ether oxygens (including phenoxy) is 2. The summed E-state index contributed by atoms with van der Waals surface area (Å²) in [5.41, 5.74) is 0.669. The van der Waals surface area contributed by atoms with Crippen molar-refractivity contribution in [1.29, 1.82) is 0 Å². The monoisotopic (exact) mass is 493 g/mol. The Morgan fingerprint density at radius 1 is 1.11 bits per heavy atom. The number of aliphatic hydroxyl groups excluding tert-OH is 1. The SMILES string of the molecule is C=CCOc1ccc(/C(O)=C2\C(=O)C(=O)N(CCN3CCOCC3)[C@@H]2c2ccc([N+](=O)[O-])cc2)cc1. The zero-order valence-corrected chi connectivity index (χ0v) is 19.7. The van der Waals surface area contributed by atoms with E-state index in [1.807, 2.05) is 0 Å². The normalized spacial score (nSPS) is 19.9. The van der Waals surface area contributed by atoms with Crippen LogP contribution in [0.4, 0.5) is 5.69 Å². The minimum absolute atomic E-state index is 0.0596. The number of nitro groups is 1. The molecular weight excluding hydrogens is 466 g/mol. The van der Waals surface area contributed by atoms with Crippen LogP contribution in [0.3, 0.4) is 0 Å². The molecule has 0 radical (unpaired) electrons. The molecule has 2 saturated heterocycles. The summed E-state index contributed by atoms with van der Waals surface area (Å²) >= 11 is 0.